The van der Waals surface area contributed by atoms with E-state index in [9.17, 15) is 0 Å². The van der Waals surface area contributed by atoms with Crippen molar-refractivity contribution in [1.29, 1.82) is 0 Å². The molecule has 2 heteroatoms. The van der Waals surface area contributed by atoms with E-state index in [0.717, 1.165) is 17.1 Å². The van der Waals surface area contributed by atoms with Crippen molar-refractivity contribution in [3.05, 3.63) is 28.5 Å². The lowest BCUT2D eigenvalue weighted by molar-refractivity contribution is 0.818. The minimum atomic E-state index is 0.479. The van der Waals surface area contributed by atoms with E-state index in [1.807, 2.05) is 13.8 Å². The van der Waals surface area contributed by atoms with Gasteiger partial charge in [0.25, 0.3) is 0 Å². The lowest BCUT2D eigenvalue weighted by Gasteiger charge is -2.06. The van der Waals surface area contributed by atoms with Gasteiger partial charge in [0.1, 0.15) is 0 Å². The molecule has 0 aliphatic carbocycles. The van der Waals surface area contributed by atoms with Crippen LogP contribution >= 0.6 is 11.6 Å². The summed E-state index contributed by atoms with van der Waals surface area (Å²) < 4.78 is 0. The zero-order valence-corrected chi connectivity index (χ0v) is 10.5. The molecule has 0 amide bonds. The third-order valence-electron chi connectivity index (χ3n) is 1.93. The van der Waals surface area contributed by atoms with Gasteiger partial charge in [-0.05, 0) is 24.0 Å². The van der Waals surface area contributed by atoms with Crippen molar-refractivity contribution in [2.45, 2.75) is 47.0 Å². The van der Waals surface area contributed by atoms with Gasteiger partial charge in [-0.25, -0.2) is 0 Å². The lowest BCUT2D eigenvalue weighted by Crippen LogP contribution is -1.94. The Morgan fingerprint density at radius 3 is 2.36 bits per heavy atom. The fraction of sp³-hybridized carbons (Fsp3) is 0.583. The van der Waals surface area contributed by atoms with Crippen LogP contribution in [0.3, 0.4) is 0 Å². The highest BCUT2D eigenvalue weighted by atomic mass is 35.5. The van der Waals surface area contributed by atoms with E-state index >= 15 is 0 Å². The first-order valence-electron chi connectivity index (χ1n) is 5.29. The van der Waals surface area contributed by atoms with Crippen molar-refractivity contribution in [1.82, 2.24) is 4.98 Å². The molecule has 0 radical (unpaired) electrons. The minimum absolute atomic E-state index is 0.479. The molecule has 1 aromatic heterocycles. The Kier molecular flexibility index (Phi) is 6.56. The molecular weight excluding hydrogens is 194 g/mol. The van der Waals surface area contributed by atoms with Gasteiger partial charge in [0.2, 0.25) is 0 Å². The van der Waals surface area contributed by atoms with E-state index in [-0.39, 0.29) is 0 Å². The minimum Gasteiger partial charge on any atom is -0.259 e. The van der Waals surface area contributed by atoms with Gasteiger partial charge in [-0.3, -0.25) is 4.98 Å². The van der Waals surface area contributed by atoms with Gasteiger partial charge in [0.05, 0.1) is 5.02 Å². The molecule has 0 aliphatic heterocycles. The first-order valence-corrected chi connectivity index (χ1v) is 5.67. The second-order valence-corrected chi connectivity index (χ2v) is 3.62. The number of aromatic nitrogens is 1. The summed E-state index contributed by atoms with van der Waals surface area (Å²) in [4.78, 5) is 4.25. The van der Waals surface area contributed by atoms with Crippen molar-refractivity contribution in [2.24, 2.45) is 0 Å². The van der Waals surface area contributed by atoms with E-state index in [1.165, 1.54) is 5.56 Å². The van der Waals surface area contributed by atoms with Crippen molar-refractivity contribution < 1.29 is 0 Å². The highest BCUT2D eigenvalue weighted by Crippen LogP contribution is 2.19. The molecule has 14 heavy (non-hydrogen) atoms. The number of rotatable bonds is 2. The van der Waals surface area contributed by atoms with Crippen molar-refractivity contribution in [2.75, 3.05) is 0 Å². The van der Waals surface area contributed by atoms with Crippen LogP contribution in [0.1, 0.15) is 51.8 Å². The van der Waals surface area contributed by atoms with Crippen LogP contribution in [0.5, 0.6) is 0 Å². The fourth-order valence-corrected chi connectivity index (χ4v) is 1.32. The zero-order chi connectivity index (χ0) is 11.1. The molecule has 1 heterocycles. The van der Waals surface area contributed by atoms with Crippen LogP contribution in [0.15, 0.2) is 12.3 Å². The molecule has 1 rings (SSSR count). The number of hydrogen-bond donors (Lipinski definition) is 0. The standard InChI is InChI=1S/C10H14ClN.C2H6/c1-4-8-5-10(7(2)3)12-6-9(8)11;1-2/h5-7H,4H2,1-3H3;1-2H3. The smallest absolute Gasteiger partial charge is 0.0621 e. The SMILES string of the molecule is CC.CCc1cc(C(C)C)ncc1Cl. The Bertz CT molecular complexity index is 269. The molecule has 1 nitrogen and oxygen atoms in total. The number of hydrogen-bond acceptors (Lipinski definition) is 1. The summed E-state index contributed by atoms with van der Waals surface area (Å²) in [6, 6.07) is 2.09. The first kappa shape index (κ1) is 13.4. The maximum atomic E-state index is 5.94. The predicted molar refractivity (Wildman–Crippen MR) is 64.1 cm³/mol. The van der Waals surface area contributed by atoms with E-state index in [0.29, 0.717) is 5.92 Å². The number of halogens is 1. The third-order valence-corrected chi connectivity index (χ3v) is 2.27. The summed E-state index contributed by atoms with van der Waals surface area (Å²) in [6.45, 7) is 10.4. The van der Waals surface area contributed by atoms with Crippen molar-refractivity contribution in [3.63, 3.8) is 0 Å². The molecule has 0 fully saturated rings. The molecule has 0 unspecified atom stereocenters. The van der Waals surface area contributed by atoms with Crippen LogP contribution in [-0.4, -0.2) is 4.98 Å². The van der Waals surface area contributed by atoms with Crippen LogP contribution in [0.25, 0.3) is 0 Å². The predicted octanol–water partition coefficient (Wildman–Crippen LogP) is 4.45. The van der Waals surface area contributed by atoms with Crippen molar-refractivity contribution in [3.8, 4) is 0 Å². The average Bonchev–Trinajstić information content (AvgIpc) is 2.21. The maximum absolute atomic E-state index is 5.94. The Labute approximate surface area is 92.5 Å². The molecule has 0 atom stereocenters. The van der Waals surface area contributed by atoms with Crippen LogP contribution in [0.4, 0.5) is 0 Å². The summed E-state index contributed by atoms with van der Waals surface area (Å²) in [7, 11) is 0. The molecular formula is C12H20ClN. The molecule has 0 saturated carbocycles. The molecule has 0 N–H and O–H groups in total. The van der Waals surface area contributed by atoms with Crippen LogP contribution in [0, 0.1) is 0 Å². The van der Waals surface area contributed by atoms with Gasteiger partial charge in [-0.1, -0.05) is 46.2 Å². The Balaban J connectivity index is 0.000000791. The Hall–Kier alpha value is -0.560. The molecule has 0 bridgehead atoms. The second-order valence-electron chi connectivity index (χ2n) is 3.21. The third kappa shape index (κ3) is 3.67. The van der Waals surface area contributed by atoms with Gasteiger partial charge in [-0.15, -0.1) is 0 Å². The highest BCUT2D eigenvalue weighted by molar-refractivity contribution is 6.31. The summed E-state index contributed by atoms with van der Waals surface area (Å²) in [5.41, 5.74) is 2.31. The summed E-state index contributed by atoms with van der Waals surface area (Å²) >= 11 is 5.94. The number of aryl methyl sites for hydroxylation is 1. The largest absolute Gasteiger partial charge is 0.259 e. The summed E-state index contributed by atoms with van der Waals surface area (Å²) in [6.07, 6.45) is 2.72. The molecule has 80 valence electrons. The Morgan fingerprint density at radius 1 is 1.36 bits per heavy atom. The summed E-state index contributed by atoms with van der Waals surface area (Å²) in [5, 5.41) is 0.780. The van der Waals surface area contributed by atoms with Gasteiger partial charge >= 0.3 is 0 Å². The van der Waals surface area contributed by atoms with Gasteiger partial charge in [0, 0.05) is 11.9 Å². The monoisotopic (exact) mass is 213 g/mol. The van der Waals surface area contributed by atoms with E-state index < -0.39 is 0 Å². The molecule has 0 aliphatic rings. The second kappa shape index (κ2) is 6.83. The summed E-state index contributed by atoms with van der Waals surface area (Å²) in [5.74, 6) is 0.479. The molecule has 0 spiro atoms. The average molecular weight is 214 g/mol. The van der Waals surface area contributed by atoms with E-state index in [4.69, 9.17) is 11.6 Å². The van der Waals surface area contributed by atoms with E-state index in [1.54, 1.807) is 6.20 Å². The van der Waals surface area contributed by atoms with E-state index in [2.05, 4.69) is 31.8 Å². The zero-order valence-electron chi connectivity index (χ0n) is 9.76. The highest BCUT2D eigenvalue weighted by Gasteiger charge is 2.04. The van der Waals surface area contributed by atoms with Crippen LogP contribution < -0.4 is 0 Å². The van der Waals surface area contributed by atoms with Gasteiger partial charge in [0.15, 0.2) is 0 Å². The quantitative estimate of drug-likeness (QED) is 0.708. The molecule has 0 saturated heterocycles. The molecule has 1 aromatic rings. The number of pyridine rings is 1. The first-order chi connectivity index (χ1) is 6.65. The Morgan fingerprint density at radius 2 is 1.93 bits per heavy atom. The maximum Gasteiger partial charge on any atom is 0.0621 e. The lowest BCUT2D eigenvalue weighted by atomic mass is 10.1. The van der Waals surface area contributed by atoms with Crippen molar-refractivity contribution >= 4 is 11.6 Å². The number of nitrogens with zero attached hydrogens (tertiary/aromatic N) is 1. The van der Waals surface area contributed by atoms with Crippen LogP contribution in [0.2, 0.25) is 5.02 Å². The van der Waals surface area contributed by atoms with Gasteiger partial charge in [-0.2, -0.15) is 0 Å². The molecule has 0 aromatic carbocycles. The van der Waals surface area contributed by atoms with Crippen LogP contribution in [-0.2, 0) is 6.42 Å². The fourth-order valence-electron chi connectivity index (χ4n) is 1.09. The van der Waals surface area contributed by atoms with Gasteiger partial charge < -0.3 is 0 Å². The normalized spacial score (nSPS) is 9.64. The topological polar surface area (TPSA) is 12.9 Å².